The number of rotatable bonds is 2. The predicted molar refractivity (Wildman–Crippen MR) is 104 cm³/mol. The van der Waals surface area contributed by atoms with Crippen LogP contribution in [0.5, 0.6) is 11.8 Å². The van der Waals surface area contributed by atoms with Gasteiger partial charge in [-0.15, -0.1) is 0 Å². The minimum atomic E-state index is -0.224. The van der Waals surface area contributed by atoms with Crippen molar-refractivity contribution in [2.45, 2.75) is 33.1 Å². The molecule has 5 heteroatoms. The molecule has 27 heavy (non-hydrogen) atoms. The van der Waals surface area contributed by atoms with Crippen molar-refractivity contribution in [1.82, 2.24) is 9.97 Å². The van der Waals surface area contributed by atoms with Crippen molar-refractivity contribution in [3.05, 3.63) is 47.2 Å². The van der Waals surface area contributed by atoms with Crippen LogP contribution in [0, 0.1) is 16.7 Å². The van der Waals surface area contributed by atoms with E-state index in [0.29, 0.717) is 17.1 Å². The zero-order chi connectivity index (χ0) is 19.2. The molecule has 1 aliphatic carbocycles. The van der Waals surface area contributed by atoms with E-state index in [1.807, 2.05) is 30.3 Å². The van der Waals surface area contributed by atoms with Gasteiger partial charge >= 0.3 is 0 Å². The van der Waals surface area contributed by atoms with Crippen molar-refractivity contribution in [2.24, 2.45) is 5.41 Å². The van der Waals surface area contributed by atoms with E-state index in [1.54, 1.807) is 7.11 Å². The van der Waals surface area contributed by atoms with Crippen LogP contribution in [0.2, 0.25) is 0 Å². The fraction of sp³-hybridized carbons (Fsp3) is 0.318. The van der Waals surface area contributed by atoms with Crippen LogP contribution < -0.4 is 4.74 Å². The Balaban J connectivity index is 2.10. The highest BCUT2D eigenvalue weighted by molar-refractivity contribution is 5.97. The lowest BCUT2D eigenvalue weighted by atomic mass is 9.74. The van der Waals surface area contributed by atoms with Gasteiger partial charge in [0.25, 0.3) is 0 Å². The number of aromatic nitrogens is 2. The van der Waals surface area contributed by atoms with Gasteiger partial charge in [0.15, 0.2) is 0 Å². The number of pyridine rings is 2. The summed E-state index contributed by atoms with van der Waals surface area (Å²) < 4.78 is 5.39. The third-order valence-electron chi connectivity index (χ3n) is 5.34. The minimum Gasteiger partial charge on any atom is -0.492 e. The molecule has 3 aromatic rings. The maximum Gasteiger partial charge on any atom is 0.230 e. The second kappa shape index (κ2) is 6.24. The molecule has 2 aromatic heterocycles. The molecule has 0 amide bonds. The number of fused-ring (bicyclic) bond motifs is 2. The average Bonchev–Trinajstić information content (AvgIpc) is 2.65. The van der Waals surface area contributed by atoms with Gasteiger partial charge in [-0.25, -0.2) is 9.97 Å². The van der Waals surface area contributed by atoms with Crippen LogP contribution in [-0.2, 0) is 12.8 Å². The Bertz CT molecular complexity index is 1100. The first kappa shape index (κ1) is 17.3. The zero-order valence-corrected chi connectivity index (χ0v) is 15.7. The number of benzene rings is 1. The molecule has 0 bridgehead atoms. The molecule has 0 atom stereocenters. The van der Waals surface area contributed by atoms with E-state index in [9.17, 15) is 10.4 Å². The summed E-state index contributed by atoms with van der Waals surface area (Å²) in [5, 5.41) is 22.1. The number of ether oxygens (including phenoxy) is 1. The Kier molecular flexibility index (Phi) is 4.00. The molecule has 1 aliphatic rings. The summed E-state index contributed by atoms with van der Waals surface area (Å²) in [4.78, 5) is 9.03. The number of nitrogens with zero attached hydrogens (tertiary/aromatic N) is 3. The van der Waals surface area contributed by atoms with Gasteiger partial charge in [0.1, 0.15) is 11.6 Å². The normalized spacial score (nSPS) is 15.2. The van der Waals surface area contributed by atoms with Gasteiger partial charge in [-0.3, -0.25) is 0 Å². The Morgan fingerprint density at radius 1 is 1.22 bits per heavy atom. The fourth-order valence-corrected chi connectivity index (χ4v) is 3.92. The molecule has 4 rings (SSSR count). The van der Waals surface area contributed by atoms with Crippen LogP contribution >= 0.6 is 0 Å². The first-order valence-corrected chi connectivity index (χ1v) is 9.02. The van der Waals surface area contributed by atoms with E-state index in [2.05, 4.69) is 29.9 Å². The van der Waals surface area contributed by atoms with E-state index < -0.39 is 0 Å². The molecule has 0 unspecified atom stereocenters. The monoisotopic (exact) mass is 359 g/mol. The van der Waals surface area contributed by atoms with Crippen molar-refractivity contribution in [1.29, 1.82) is 5.26 Å². The predicted octanol–water partition coefficient (Wildman–Crippen LogP) is 4.40. The van der Waals surface area contributed by atoms with Gasteiger partial charge in [0, 0.05) is 22.7 Å². The fourth-order valence-electron chi connectivity index (χ4n) is 3.92. The number of hydrogen-bond donors (Lipinski definition) is 1. The van der Waals surface area contributed by atoms with E-state index in [4.69, 9.17) is 4.74 Å². The van der Waals surface area contributed by atoms with Gasteiger partial charge in [0.05, 0.1) is 12.8 Å². The molecular formula is C22H21N3O2. The summed E-state index contributed by atoms with van der Waals surface area (Å²) in [6, 6.07) is 11.9. The first-order chi connectivity index (χ1) is 12.9. The summed E-state index contributed by atoms with van der Waals surface area (Å²) in [6.45, 7) is 4.40. The lowest BCUT2D eigenvalue weighted by Gasteiger charge is -2.32. The third-order valence-corrected chi connectivity index (χ3v) is 5.34. The molecule has 0 radical (unpaired) electrons. The number of nitriles is 1. The molecule has 0 saturated heterocycles. The highest BCUT2D eigenvalue weighted by atomic mass is 16.5. The highest BCUT2D eigenvalue weighted by Gasteiger charge is 2.31. The summed E-state index contributed by atoms with van der Waals surface area (Å²) in [6.07, 6.45) is 2.55. The maximum absolute atomic E-state index is 10.5. The van der Waals surface area contributed by atoms with Crippen LogP contribution in [0.25, 0.3) is 22.0 Å². The van der Waals surface area contributed by atoms with Crippen LogP contribution in [0.1, 0.15) is 37.1 Å². The smallest absolute Gasteiger partial charge is 0.230 e. The number of aromatic hydroxyl groups is 1. The summed E-state index contributed by atoms with van der Waals surface area (Å²) in [7, 11) is 1.58. The molecule has 136 valence electrons. The highest BCUT2D eigenvalue weighted by Crippen LogP contribution is 2.43. The van der Waals surface area contributed by atoms with Crippen molar-refractivity contribution in [3.8, 4) is 29.1 Å². The topological polar surface area (TPSA) is 79.0 Å². The van der Waals surface area contributed by atoms with Crippen molar-refractivity contribution >= 4 is 10.8 Å². The molecule has 0 saturated carbocycles. The van der Waals surface area contributed by atoms with Crippen LogP contribution in [0.15, 0.2) is 30.3 Å². The minimum absolute atomic E-state index is 0.113. The molecule has 0 fully saturated rings. The van der Waals surface area contributed by atoms with Crippen LogP contribution in [0.4, 0.5) is 0 Å². The molecular weight excluding hydrogens is 338 g/mol. The zero-order valence-electron chi connectivity index (χ0n) is 15.7. The van der Waals surface area contributed by atoms with Crippen molar-refractivity contribution < 1.29 is 9.84 Å². The summed E-state index contributed by atoms with van der Waals surface area (Å²) in [5.74, 6) is 0.256. The quantitative estimate of drug-likeness (QED) is 0.734. The molecule has 5 nitrogen and oxygen atoms in total. The molecule has 1 N–H and O–H groups in total. The Morgan fingerprint density at radius 3 is 2.74 bits per heavy atom. The van der Waals surface area contributed by atoms with E-state index >= 15 is 0 Å². The van der Waals surface area contributed by atoms with E-state index in [0.717, 1.165) is 41.3 Å². The van der Waals surface area contributed by atoms with Crippen LogP contribution in [0.3, 0.4) is 0 Å². The van der Waals surface area contributed by atoms with Gasteiger partial charge < -0.3 is 9.84 Å². The second-order valence-corrected chi connectivity index (χ2v) is 7.80. The Morgan fingerprint density at radius 2 is 2.00 bits per heavy atom. The molecule has 0 aliphatic heterocycles. The standard InChI is InChI=1S/C22H21N3O2/c1-22(2)9-8-15-17(11-22)24-21(26)16(12-23)19(15)20-14-7-5-4-6-13(14)10-18(25-20)27-3/h4-7,10H,8-9,11H2,1-3H3,(H,24,26). The first-order valence-electron chi connectivity index (χ1n) is 9.02. The SMILES string of the molecule is COc1cc2ccccc2c(-c2c(C#N)c(O)nc3c2CCC(C)(C)C3)n1. The summed E-state index contributed by atoms with van der Waals surface area (Å²) >= 11 is 0. The lowest BCUT2D eigenvalue weighted by Crippen LogP contribution is -2.24. The average molecular weight is 359 g/mol. The maximum atomic E-state index is 10.5. The second-order valence-electron chi connectivity index (χ2n) is 7.80. The molecule has 1 aromatic carbocycles. The van der Waals surface area contributed by atoms with Gasteiger partial charge in [-0.05, 0) is 35.6 Å². The van der Waals surface area contributed by atoms with Crippen molar-refractivity contribution in [3.63, 3.8) is 0 Å². The van der Waals surface area contributed by atoms with Gasteiger partial charge in [-0.2, -0.15) is 5.26 Å². The van der Waals surface area contributed by atoms with E-state index in [-0.39, 0.29) is 16.9 Å². The third kappa shape index (κ3) is 2.87. The molecule has 0 spiro atoms. The molecule has 2 heterocycles. The lowest BCUT2D eigenvalue weighted by molar-refractivity contribution is 0.308. The summed E-state index contributed by atoms with van der Waals surface area (Å²) in [5.41, 5.74) is 3.50. The van der Waals surface area contributed by atoms with Gasteiger partial charge in [-0.1, -0.05) is 38.1 Å². The van der Waals surface area contributed by atoms with E-state index in [1.165, 1.54) is 0 Å². The van der Waals surface area contributed by atoms with Crippen LogP contribution in [-0.4, -0.2) is 22.2 Å². The van der Waals surface area contributed by atoms with Crippen molar-refractivity contribution in [2.75, 3.05) is 7.11 Å². The van der Waals surface area contributed by atoms with Gasteiger partial charge in [0.2, 0.25) is 11.8 Å². The number of hydrogen-bond acceptors (Lipinski definition) is 5. The Hall–Kier alpha value is -3.13. The Labute approximate surface area is 158 Å². The largest absolute Gasteiger partial charge is 0.492 e. The number of methoxy groups -OCH3 is 1.